The third kappa shape index (κ3) is 7.91. The van der Waals surface area contributed by atoms with Crippen molar-refractivity contribution in [1.29, 1.82) is 0 Å². The molecule has 3 amide bonds. The molecule has 4 atom stereocenters. The quantitative estimate of drug-likeness (QED) is 0.371. The highest BCUT2D eigenvalue weighted by atomic mass is 32.2. The Bertz CT molecular complexity index is 807. The Hall–Kier alpha value is -1.24. The van der Waals surface area contributed by atoms with E-state index in [0.717, 1.165) is 25.7 Å². The van der Waals surface area contributed by atoms with E-state index in [0.29, 0.717) is 6.54 Å². The molecule has 1 aliphatic heterocycles. The molecule has 38 heavy (non-hydrogen) atoms. The Labute approximate surface area is 236 Å². The lowest BCUT2D eigenvalue weighted by atomic mass is 9.55. The highest BCUT2D eigenvalue weighted by Crippen LogP contribution is 2.58. The van der Waals surface area contributed by atoms with Gasteiger partial charge < -0.3 is 9.64 Å². The van der Waals surface area contributed by atoms with Crippen LogP contribution in [-0.4, -0.2) is 47.6 Å². The van der Waals surface area contributed by atoms with Crippen LogP contribution in [0.4, 0.5) is 9.59 Å². The molecule has 2 saturated carbocycles. The molecule has 0 spiro atoms. The van der Waals surface area contributed by atoms with Gasteiger partial charge in [-0.15, -0.1) is 0 Å². The molecule has 0 radical (unpaired) electrons. The summed E-state index contributed by atoms with van der Waals surface area (Å²) in [6, 6.07) is 0. The number of nitrogens with one attached hydrogen (secondary N) is 1. The van der Waals surface area contributed by atoms with Gasteiger partial charge in [-0.1, -0.05) is 90.4 Å². The first-order chi connectivity index (χ1) is 18.2. The van der Waals surface area contributed by atoms with E-state index in [1.54, 1.807) is 4.90 Å². The zero-order valence-corrected chi connectivity index (χ0v) is 25.5. The fraction of sp³-hybridized carbons (Fsp3) is 0.903. The van der Waals surface area contributed by atoms with Crippen molar-refractivity contribution in [2.24, 2.45) is 16.7 Å². The van der Waals surface area contributed by atoms with Crippen molar-refractivity contribution >= 4 is 29.0 Å². The molecule has 3 fully saturated rings. The molecule has 0 aromatic heterocycles. The van der Waals surface area contributed by atoms with Crippen molar-refractivity contribution in [1.82, 2.24) is 10.2 Å². The number of carbonyl (C=O) groups excluding carboxylic acids is 3. The SMILES string of the molecule is COC(=O)N(C)CCC12CCCCCCCCCC(C(C)C3(C)SC(=O)NC3=O)(CCCCCCCC1)C2. The lowest BCUT2D eigenvalue weighted by Crippen LogP contribution is -2.50. The van der Waals surface area contributed by atoms with Gasteiger partial charge in [0.15, 0.2) is 0 Å². The number of methoxy groups -OCH3 is 1. The number of amides is 3. The molecule has 0 aromatic rings. The minimum Gasteiger partial charge on any atom is -0.453 e. The molecule has 4 unspecified atom stereocenters. The Kier molecular flexibility index (Phi) is 11.9. The second-order valence-corrected chi connectivity index (χ2v) is 14.4. The van der Waals surface area contributed by atoms with Gasteiger partial charge in [-0.2, -0.15) is 0 Å². The van der Waals surface area contributed by atoms with E-state index in [-0.39, 0.29) is 34.0 Å². The molecule has 2 aliphatic carbocycles. The van der Waals surface area contributed by atoms with Crippen molar-refractivity contribution in [2.45, 2.75) is 141 Å². The van der Waals surface area contributed by atoms with Crippen LogP contribution < -0.4 is 5.32 Å². The summed E-state index contributed by atoms with van der Waals surface area (Å²) in [4.78, 5) is 39.7. The fourth-order valence-electron chi connectivity index (χ4n) is 7.82. The van der Waals surface area contributed by atoms with Gasteiger partial charge in [0.25, 0.3) is 5.24 Å². The Morgan fingerprint density at radius 1 is 0.895 bits per heavy atom. The summed E-state index contributed by atoms with van der Waals surface area (Å²) in [6.45, 7) is 5.00. The Morgan fingerprint density at radius 2 is 1.37 bits per heavy atom. The fourth-order valence-corrected chi connectivity index (χ4v) is 8.92. The van der Waals surface area contributed by atoms with E-state index in [1.807, 2.05) is 14.0 Å². The van der Waals surface area contributed by atoms with E-state index in [1.165, 1.54) is 115 Å². The number of ether oxygens (including phenoxy) is 1. The van der Waals surface area contributed by atoms with Gasteiger partial charge in [-0.25, -0.2) is 4.79 Å². The maximum atomic E-state index is 13.2. The van der Waals surface area contributed by atoms with Gasteiger partial charge in [-0.3, -0.25) is 14.9 Å². The number of rotatable bonds is 5. The summed E-state index contributed by atoms with van der Waals surface area (Å²) in [6.07, 6.45) is 22.8. The predicted octanol–water partition coefficient (Wildman–Crippen LogP) is 8.47. The number of hydrogen-bond donors (Lipinski definition) is 1. The van der Waals surface area contributed by atoms with Crippen LogP contribution in [-0.2, 0) is 9.53 Å². The van der Waals surface area contributed by atoms with E-state index >= 15 is 0 Å². The van der Waals surface area contributed by atoms with Gasteiger partial charge in [0.2, 0.25) is 5.91 Å². The summed E-state index contributed by atoms with van der Waals surface area (Å²) in [5.41, 5.74) is 0.122. The van der Waals surface area contributed by atoms with Crippen LogP contribution in [0.5, 0.6) is 0 Å². The van der Waals surface area contributed by atoms with Crippen molar-refractivity contribution in [3.05, 3.63) is 0 Å². The predicted molar refractivity (Wildman–Crippen MR) is 156 cm³/mol. The molecule has 1 saturated heterocycles. The average Bonchev–Trinajstić information content (AvgIpc) is 3.14. The van der Waals surface area contributed by atoms with Crippen LogP contribution in [0.3, 0.4) is 0 Å². The van der Waals surface area contributed by atoms with Crippen LogP contribution in [0.1, 0.15) is 136 Å². The highest BCUT2D eigenvalue weighted by molar-refractivity contribution is 8.16. The van der Waals surface area contributed by atoms with Crippen LogP contribution in [0.25, 0.3) is 0 Å². The van der Waals surface area contributed by atoms with E-state index in [4.69, 9.17) is 4.74 Å². The highest BCUT2D eigenvalue weighted by Gasteiger charge is 2.56. The first-order valence-electron chi connectivity index (χ1n) is 15.5. The van der Waals surface area contributed by atoms with Gasteiger partial charge in [-0.05, 0) is 74.0 Å². The lowest BCUT2D eigenvalue weighted by molar-refractivity contribution is -0.124. The van der Waals surface area contributed by atoms with Crippen molar-refractivity contribution in [3.63, 3.8) is 0 Å². The molecular formula is C31H54N2O4S. The maximum Gasteiger partial charge on any atom is 0.409 e. The van der Waals surface area contributed by atoms with Crippen LogP contribution in [0.2, 0.25) is 0 Å². The van der Waals surface area contributed by atoms with Crippen LogP contribution >= 0.6 is 11.8 Å². The molecule has 1 heterocycles. The van der Waals surface area contributed by atoms with Crippen molar-refractivity contribution < 1.29 is 19.1 Å². The minimum absolute atomic E-state index is 0.00289. The number of thioether (sulfide) groups is 1. The van der Waals surface area contributed by atoms with E-state index in [9.17, 15) is 14.4 Å². The topological polar surface area (TPSA) is 75.7 Å². The summed E-state index contributed by atoms with van der Waals surface area (Å²) >= 11 is 1.23. The normalized spacial score (nSPS) is 33.2. The molecule has 1 N–H and O–H groups in total. The molecule has 7 heteroatoms. The number of hydrogen-bond acceptors (Lipinski definition) is 5. The summed E-state index contributed by atoms with van der Waals surface area (Å²) in [5.74, 6) is -0.0151. The number of imide groups is 1. The van der Waals surface area contributed by atoms with Crippen molar-refractivity contribution in [3.8, 4) is 0 Å². The number of nitrogens with zero attached hydrogens (tertiary/aromatic N) is 1. The van der Waals surface area contributed by atoms with Gasteiger partial charge in [0.05, 0.1) is 7.11 Å². The third-order valence-electron chi connectivity index (χ3n) is 10.4. The molecule has 218 valence electrons. The Morgan fingerprint density at radius 3 is 1.82 bits per heavy atom. The van der Waals surface area contributed by atoms with E-state index < -0.39 is 4.75 Å². The first kappa shape index (κ1) is 31.3. The number of fused-ring (bicyclic) bond motifs is 2. The number of carbonyl (C=O) groups is 3. The Balaban J connectivity index is 2.05. The van der Waals surface area contributed by atoms with Crippen LogP contribution in [0, 0.1) is 16.7 Å². The third-order valence-corrected chi connectivity index (χ3v) is 11.7. The summed E-state index contributed by atoms with van der Waals surface area (Å²) < 4.78 is 4.30. The molecular weight excluding hydrogens is 496 g/mol. The molecule has 3 rings (SSSR count). The molecule has 6 nitrogen and oxygen atoms in total. The first-order valence-corrected chi connectivity index (χ1v) is 16.3. The van der Waals surface area contributed by atoms with E-state index in [2.05, 4.69) is 12.2 Å². The van der Waals surface area contributed by atoms with Gasteiger partial charge >= 0.3 is 6.09 Å². The average molecular weight is 551 g/mol. The molecule has 2 bridgehead atoms. The van der Waals surface area contributed by atoms with Gasteiger partial charge in [0, 0.05) is 13.6 Å². The standard InChI is InChI=1S/C31H54N2O4S/c1-25(29(2)26(34)32-27(35)38-29)31-20-16-12-7-5-6-10-14-18-30(24-31,22-23-33(3)28(36)37-4)19-15-11-8-9-13-17-21-31/h25H,5-24H2,1-4H3,(H,32,34,35). The second kappa shape index (κ2) is 14.4. The van der Waals surface area contributed by atoms with Crippen LogP contribution in [0.15, 0.2) is 0 Å². The summed E-state index contributed by atoms with van der Waals surface area (Å²) in [7, 11) is 3.31. The smallest absolute Gasteiger partial charge is 0.409 e. The molecule has 3 aliphatic rings. The lowest BCUT2D eigenvalue weighted by Gasteiger charge is -2.51. The minimum atomic E-state index is -0.733. The zero-order valence-electron chi connectivity index (χ0n) is 24.7. The largest absolute Gasteiger partial charge is 0.453 e. The molecule has 0 aromatic carbocycles. The monoisotopic (exact) mass is 550 g/mol. The zero-order chi connectivity index (χ0) is 27.7. The van der Waals surface area contributed by atoms with Gasteiger partial charge in [0.1, 0.15) is 4.75 Å². The second-order valence-electron chi connectivity index (χ2n) is 12.9. The van der Waals surface area contributed by atoms with Crippen molar-refractivity contribution in [2.75, 3.05) is 20.7 Å². The summed E-state index contributed by atoms with van der Waals surface area (Å²) in [5, 5.41) is 2.42. The maximum absolute atomic E-state index is 13.2.